The van der Waals surface area contributed by atoms with Crippen molar-refractivity contribution in [3.05, 3.63) is 52.5 Å². The number of amides is 1. The molecule has 3 aromatic rings. The number of hydrogen-bond donors (Lipinski definition) is 1. The van der Waals surface area contributed by atoms with Crippen molar-refractivity contribution in [2.45, 2.75) is 5.16 Å². The molecule has 0 bridgehead atoms. The van der Waals surface area contributed by atoms with E-state index in [2.05, 4.69) is 31.4 Å². The summed E-state index contributed by atoms with van der Waals surface area (Å²) in [5.41, 5.74) is 5.25. The Balaban J connectivity index is 1.59. The number of carbonyl (C=O) groups is 1. The van der Waals surface area contributed by atoms with Gasteiger partial charge in [-0.15, -0.1) is 0 Å². The number of thioether (sulfide) groups is 1. The molecule has 6 nitrogen and oxygen atoms in total. The number of carbonyl (C=O) groups excluding carboxylic acids is 1. The molecular weight excluding hydrogens is 416 g/mol. The first-order valence-corrected chi connectivity index (χ1v) is 9.56. The Morgan fingerprint density at radius 2 is 2.19 bits per heavy atom. The van der Waals surface area contributed by atoms with E-state index in [1.54, 1.807) is 13.3 Å². The number of rotatable bonds is 6. The molecule has 0 saturated carbocycles. The third-order valence-electron chi connectivity index (χ3n) is 3.66. The molecule has 8 heteroatoms. The van der Waals surface area contributed by atoms with Crippen molar-refractivity contribution in [1.29, 1.82) is 0 Å². The summed E-state index contributed by atoms with van der Waals surface area (Å²) in [6.07, 6.45) is 1.56. The van der Waals surface area contributed by atoms with Gasteiger partial charge in [0.05, 0.1) is 30.1 Å². The van der Waals surface area contributed by atoms with E-state index in [0.717, 1.165) is 26.2 Å². The van der Waals surface area contributed by atoms with Gasteiger partial charge in [-0.3, -0.25) is 4.79 Å². The number of para-hydroxylation sites is 2. The molecule has 0 unspecified atom stereocenters. The number of methoxy groups -OCH3 is 1. The maximum atomic E-state index is 12.0. The maximum Gasteiger partial charge on any atom is 0.250 e. The van der Waals surface area contributed by atoms with Crippen LogP contribution in [0.3, 0.4) is 0 Å². The van der Waals surface area contributed by atoms with Gasteiger partial charge < -0.3 is 9.30 Å². The van der Waals surface area contributed by atoms with E-state index < -0.39 is 0 Å². The van der Waals surface area contributed by atoms with Crippen LogP contribution in [0.2, 0.25) is 0 Å². The van der Waals surface area contributed by atoms with Crippen LogP contribution < -0.4 is 10.2 Å². The van der Waals surface area contributed by atoms with E-state index in [1.807, 2.05) is 54.1 Å². The second-order valence-corrected chi connectivity index (χ2v) is 7.27. The number of ether oxygens (including phenoxy) is 1. The zero-order valence-electron chi connectivity index (χ0n) is 14.3. The molecular formula is C18H17BrN4O2S. The van der Waals surface area contributed by atoms with E-state index in [-0.39, 0.29) is 11.7 Å². The summed E-state index contributed by atoms with van der Waals surface area (Å²) in [6.45, 7) is 0. The Labute approximate surface area is 163 Å². The van der Waals surface area contributed by atoms with E-state index >= 15 is 0 Å². The highest BCUT2D eigenvalue weighted by molar-refractivity contribution is 9.10. The van der Waals surface area contributed by atoms with Crippen LogP contribution in [0, 0.1) is 0 Å². The molecule has 3 rings (SSSR count). The molecule has 134 valence electrons. The quantitative estimate of drug-likeness (QED) is 0.367. The lowest BCUT2D eigenvalue weighted by Crippen LogP contribution is -2.20. The Morgan fingerprint density at radius 3 is 2.96 bits per heavy atom. The molecule has 0 saturated heterocycles. The number of hydrazone groups is 1. The van der Waals surface area contributed by atoms with Crippen molar-refractivity contribution in [2.75, 3.05) is 12.9 Å². The zero-order valence-corrected chi connectivity index (χ0v) is 16.7. The van der Waals surface area contributed by atoms with Gasteiger partial charge in [-0.1, -0.05) is 39.8 Å². The third kappa shape index (κ3) is 4.25. The number of nitrogens with one attached hydrogen (secondary N) is 1. The largest absolute Gasteiger partial charge is 0.496 e. The van der Waals surface area contributed by atoms with Crippen molar-refractivity contribution in [3.8, 4) is 5.75 Å². The molecule has 0 radical (unpaired) electrons. The summed E-state index contributed by atoms with van der Waals surface area (Å²) >= 11 is 4.77. The van der Waals surface area contributed by atoms with Gasteiger partial charge in [-0.2, -0.15) is 5.10 Å². The number of hydrogen-bond acceptors (Lipinski definition) is 5. The molecule has 0 atom stereocenters. The van der Waals surface area contributed by atoms with E-state index in [4.69, 9.17) is 4.74 Å². The fourth-order valence-corrected chi connectivity index (χ4v) is 3.55. The fraction of sp³-hybridized carbons (Fsp3) is 0.167. The highest BCUT2D eigenvalue weighted by Gasteiger charge is 2.10. The highest BCUT2D eigenvalue weighted by atomic mass is 79.9. The van der Waals surface area contributed by atoms with Crippen molar-refractivity contribution < 1.29 is 9.53 Å². The minimum Gasteiger partial charge on any atom is -0.496 e. The molecule has 1 heterocycles. The van der Waals surface area contributed by atoms with Crippen molar-refractivity contribution >= 4 is 50.8 Å². The first-order valence-electron chi connectivity index (χ1n) is 7.78. The van der Waals surface area contributed by atoms with Gasteiger partial charge in [0.1, 0.15) is 5.75 Å². The van der Waals surface area contributed by atoms with Gasteiger partial charge in [0.15, 0.2) is 5.16 Å². The number of fused-ring (bicyclic) bond motifs is 1. The number of halogens is 1. The number of aromatic nitrogens is 2. The van der Waals surface area contributed by atoms with Crippen molar-refractivity contribution in [3.63, 3.8) is 0 Å². The number of nitrogens with zero attached hydrogens (tertiary/aromatic N) is 3. The Kier molecular flexibility index (Phi) is 5.95. The summed E-state index contributed by atoms with van der Waals surface area (Å²) in [4.78, 5) is 16.6. The Bertz CT molecular complexity index is 971. The third-order valence-corrected chi connectivity index (χ3v) is 5.19. The minimum atomic E-state index is -0.202. The average Bonchev–Trinajstić information content (AvgIpc) is 2.96. The highest BCUT2D eigenvalue weighted by Crippen LogP contribution is 2.23. The number of aryl methyl sites for hydroxylation is 1. The van der Waals surface area contributed by atoms with Gasteiger partial charge in [0, 0.05) is 17.1 Å². The van der Waals surface area contributed by atoms with E-state index in [0.29, 0.717) is 5.75 Å². The standard InChI is InChI=1S/C18H17BrN4O2S/c1-23-15-6-4-3-5-14(15)21-18(23)26-11-17(24)22-20-10-12-9-13(19)7-8-16(12)25-2/h3-10H,11H2,1-2H3,(H,22,24). The first-order chi connectivity index (χ1) is 12.6. The predicted octanol–water partition coefficient (Wildman–Crippen LogP) is 3.59. The smallest absolute Gasteiger partial charge is 0.250 e. The van der Waals surface area contributed by atoms with E-state index in [9.17, 15) is 4.79 Å². The van der Waals surface area contributed by atoms with Gasteiger partial charge in [-0.05, 0) is 30.3 Å². The number of benzene rings is 2. The van der Waals surface area contributed by atoms with Crippen LogP contribution in [0.25, 0.3) is 11.0 Å². The number of imidazole rings is 1. The predicted molar refractivity (Wildman–Crippen MR) is 108 cm³/mol. The van der Waals surface area contributed by atoms with Crippen LogP contribution >= 0.6 is 27.7 Å². The molecule has 2 aromatic carbocycles. The monoisotopic (exact) mass is 432 g/mol. The summed E-state index contributed by atoms with van der Waals surface area (Å²) in [5, 5.41) is 4.79. The lowest BCUT2D eigenvalue weighted by molar-refractivity contribution is -0.118. The van der Waals surface area contributed by atoms with Crippen molar-refractivity contribution in [2.24, 2.45) is 12.1 Å². The van der Waals surface area contributed by atoms with Crippen LogP contribution in [-0.2, 0) is 11.8 Å². The summed E-state index contributed by atoms with van der Waals surface area (Å²) < 4.78 is 8.15. The molecule has 1 amide bonds. The maximum absolute atomic E-state index is 12.0. The lowest BCUT2D eigenvalue weighted by atomic mass is 10.2. The first kappa shape index (κ1) is 18.5. The molecule has 1 N–H and O–H groups in total. The van der Waals surface area contributed by atoms with Crippen LogP contribution in [0.1, 0.15) is 5.56 Å². The SMILES string of the molecule is COc1ccc(Br)cc1C=NNC(=O)CSc1nc2ccccc2n1C. The lowest BCUT2D eigenvalue weighted by Gasteiger charge is -2.05. The second-order valence-electron chi connectivity index (χ2n) is 5.41. The van der Waals surface area contributed by atoms with Crippen molar-refractivity contribution in [1.82, 2.24) is 15.0 Å². The summed E-state index contributed by atoms with van der Waals surface area (Å²) in [5.74, 6) is 0.706. The second kappa shape index (κ2) is 8.37. The normalized spacial score (nSPS) is 11.2. The fourth-order valence-electron chi connectivity index (χ4n) is 2.39. The Hall–Kier alpha value is -2.32. The molecule has 0 fully saturated rings. The van der Waals surface area contributed by atoms with Gasteiger partial charge in [0.25, 0.3) is 5.91 Å². The summed E-state index contributed by atoms with van der Waals surface area (Å²) in [6, 6.07) is 13.4. The topological polar surface area (TPSA) is 68.5 Å². The van der Waals surface area contributed by atoms with Gasteiger partial charge >= 0.3 is 0 Å². The zero-order chi connectivity index (χ0) is 18.5. The Morgan fingerprint density at radius 1 is 1.38 bits per heavy atom. The van der Waals surface area contributed by atoms with Crippen LogP contribution in [0.5, 0.6) is 5.75 Å². The minimum absolute atomic E-state index is 0.202. The molecule has 26 heavy (non-hydrogen) atoms. The summed E-state index contributed by atoms with van der Waals surface area (Å²) in [7, 11) is 3.53. The molecule has 0 aliphatic rings. The van der Waals surface area contributed by atoms with Crippen LogP contribution in [-0.4, -0.2) is 34.5 Å². The average molecular weight is 433 g/mol. The van der Waals surface area contributed by atoms with Gasteiger partial charge in [0.2, 0.25) is 0 Å². The molecule has 0 aliphatic heterocycles. The van der Waals surface area contributed by atoms with Crippen LogP contribution in [0.15, 0.2) is 57.2 Å². The molecule has 1 aromatic heterocycles. The van der Waals surface area contributed by atoms with Crippen LogP contribution in [0.4, 0.5) is 0 Å². The van der Waals surface area contributed by atoms with Gasteiger partial charge in [-0.25, -0.2) is 10.4 Å². The molecule has 0 aliphatic carbocycles. The molecule has 0 spiro atoms. The van der Waals surface area contributed by atoms with E-state index in [1.165, 1.54) is 11.8 Å².